The quantitative estimate of drug-likeness (QED) is 0.521. The first-order valence-electron chi connectivity index (χ1n) is 2.03. The highest BCUT2D eigenvalue weighted by Gasteiger charge is 2.03. The Hall–Kier alpha value is -0.0200. The zero-order chi connectivity index (χ0) is 5.28. The van der Waals surface area contributed by atoms with Crippen molar-refractivity contribution in [1.29, 1.82) is 0 Å². The van der Waals surface area contributed by atoms with Crippen LogP contribution in [-0.2, 0) is 0 Å². The molecule has 3 heteroatoms. The van der Waals surface area contributed by atoms with Crippen LogP contribution in [0.15, 0.2) is 4.61 Å². The van der Waals surface area contributed by atoms with Crippen LogP contribution in [0.5, 0.6) is 0 Å². The summed E-state index contributed by atoms with van der Waals surface area (Å²) in [6.07, 6.45) is 3.02. The number of likely N-dealkylation sites (N-methyl/N-ethyl adjacent to an activating group) is 1. The number of nitrogens with one attached hydrogen (secondary N) is 1. The first-order chi connectivity index (χ1) is 3.29. The maximum Gasteiger partial charge on any atom is 0.0974 e. The Labute approximate surface area is 51.3 Å². The second-order valence-corrected chi connectivity index (χ2v) is 2.25. The van der Waals surface area contributed by atoms with Crippen LogP contribution in [0.3, 0.4) is 0 Å². The predicted molar refractivity (Wildman–Crippen MR) is 31.4 cm³/mol. The van der Waals surface area contributed by atoms with Gasteiger partial charge in [-0.2, -0.15) is 0 Å². The molecule has 1 heterocycles. The summed E-state index contributed by atoms with van der Waals surface area (Å²) in [7, 11) is 1.96. The van der Waals surface area contributed by atoms with Crippen LogP contribution in [0, 0.1) is 6.08 Å². The maximum atomic E-state index is 3.23. The van der Waals surface area contributed by atoms with Crippen molar-refractivity contribution in [2.45, 2.75) is 0 Å². The fraction of sp³-hybridized carbons (Fsp3) is 0.500. The van der Waals surface area contributed by atoms with E-state index in [2.05, 4.69) is 27.4 Å². The third kappa shape index (κ3) is 1.17. The Kier molecular flexibility index (Phi) is 1.35. The summed E-state index contributed by atoms with van der Waals surface area (Å²) in [6, 6.07) is 0. The van der Waals surface area contributed by atoms with E-state index in [1.807, 2.05) is 12.1 Å². The van der Waals surface area contributed by atoms with Crippen LogP contribution in [0.25, 0.3) is 0 Å². The van der Waals surface area contributed by atoms with Crippen molar-refractivity contribution < 1.29 is 0 Å². The van der Waals surface area contributed by atoms with Crippen molar-refractivity contribution in [2.24, 2.45) is 0 Å². The van der Waals surface area contributed by atoms with E-state index in [1.165, 1.54) is 0 Å². The molecule has 2 nitrogen and oxygen atoms in total. The highest BCUT2D eigenvalue weighted by molar-refractivity contribution is 9.11. The standard InChI is InChI=1S/C4H6BrN2/c1-7-3-2-4(5)6-7/h6H,3H2,1H3. The van der Waals surface area contributed by atoms with E-state index in [9.17, 15) is 0 Å². The fourth-order valence-electron chi connectivity index (χ4n) is 0.435. The first-order valence-corrected chi connectivity index (χ1v) is 2.82. The first kappa shape index (κ1) is 5.12. The van der Waals surface area contributed by atoms with Gasteiger partial charge in [0.25, 0.3) is 0 Å². The molecule has 1 N–H and O–H groups in total. The minimum atomic E-state index is 0.862. The molecule has 0 aliphatic carbocycles. The average Bonchev–Trinajstić information content (AvgIpc) is 1.87. The summed E-state index contributed by atoms with van der Waals surface area (Å²) >= 11 is 3.23. The van der Waals surface area contributed by atoms with Crippen molar-refractivity contribution in [3.63, 3.8) is 0 Å². The molecule has 7 heavy (non-hydrogen) atoms. The topological polar surface area (TPSA) is 15.3 Å². The van der Waals surface area contributed by atoms with Crippen molar-refractivity contribution in [3.8, 4) is 0 Å². The summed E-state index contributed by atoms with van der Waals surface area (Å²) < 4.78 is 0.940. The van der Waals surface area contributed by atoms with Gasteiger partial charge in [0.05, 0.1) is 4.61 Å². The normalized spacial score (nSPS) is 21.7. The lowest BCUT2D eigenvalue weighted by atomic mass is 10.6. The van der Waals surface area contributed by atoms with Crippen LogP contribution >= 0.6 is 15.9 Å². The molecule has 0 saturated carbocycles. The lowest BCUT2D eigenvalue weighted by Crippen LogP contribution is -2.25. The van der Waals surface area contributed by atoms with Crippen LogP contribution in [0.2, 0.25) is 0 Å². The predicted octanol–water partition coefficient (Wildman–Crippen LogP) is 0.476. The molecule has 1 rings (SSSR count). The molecule has 0 fully saturated rings. The number of rotatable bonds is 0. The molecule has 39 valence electrons. The summed E-state index contributed by atoms with van der Waals surface area (Å²) in [5.41, 5.74) is 2.97. The number of nitrogens with zero attached hydrogens (tertiary/aromatic N) is 1. The molecule has 0 aromatic heterocycles. The highest BCUT2D eigenvalue weighted by atomic mass is 79.9. The van der Waals surface area contributed by atoms with E-state index in [0.29, 0.717) is 0 Å². The van der Waals surface area contributed by atoms with Crippen molar-refractivity contribution in [3.05, 3.63) is 10.7 Å². The van der Waals surface area contributed by atoms with Gasteiger partial charge in [0.2, 0.25) is 0 Å². The third-order valence-electron chi connectivity index (χ3n) is 0.760. The number of hydrogen-bond donors (Lipinski definition) is 1. The number of hydrogen-bond acceptors (Lipinski definition) is 2. The van der Waals surface area contributed by atoms with Gasteiger partial charge in [-0.25, -0.2) is 5.01 Å². The van der Waals surface area contributed by atoms with E-state index in [0.717, 1.165) is 11.2 Å². The Morgan fingerprint density at radius 1 is 2.00 bits per heavy atom. The highest BCUT2D eigenvalue weighted by Crippen LogP contribution is 2.04. The minimum Gasteiger partial charge on any atom is -0.312 e. The lowest BCUT2D eigenvalue weighted by Gasteiger charge is -2.06. The number of halogens is 1. The zero-order valence-corrected chi connectivity index (χ0v) is 5.62. The smallest absolute Gasteiger partial charge is 0.0974 e. The van der Waals surface area contributed by atoms with Gasteiger partial charge in [0.15, 0.2) is 0 Å². The van der Waals surface area contributed by atoms with Crippen molar-refractivity contribution >= 4 is 15.9 Å². The molecule has 0 unspecified atom stereocenters. The van der Waals surface area contributed by atoms with Crippen LogP contribution in [0.4, 0.5) is 0 Å². The van der Waals surface area contributed by atoms with E-state index in [-0.39, 0.29) is 0 Å². The second kappa shape index (κ2) is 1.84. The second-order valence-electron chi connectivity index (χ2n) is 1.46. The summed E-state index contributed by atoms with van der Waals surface area (Å²) in [5.74, 6) is 0. The molecule has 0 atom stereocenters. The van der Waals surface area contributed by atoms with Crippen LogP contribution in [-0.4, -0.2) is 18.6 Å². The van der Waals surface area contributed by atoms with Gasteiger partial charge < -0.3 is 5.43 Å². The Bertz CT molecular complexity index is 99.9. The largest absolute Gasteiger partial charge is 0.312 e. The van der Waals surface area contributed by atoms with Gasteiger partial charge in [-0.15, -0.1) is 0 Å². The third-order valence-corrected chi connectivity index (χ3v) is 1.22. The van der Waals surface area contributed by atoms with E-state index < -0.39 is 0 Å². The minimum absolute atomic E-state index is 0.862. The lowest BCUT2D eigenvalue weighted by molar-refractivity contribution is 0.328. The van der Waals surface area contributed by atoms with Crippen LogP contribution < -0.4 is 5.43 Å². The molecule has 0 bridgehead atoms. The fourth-order valence-corrected chi connectivity index (χ4v) is 0.863. The maximum absolute atomic E-state index is 3.23. The zero-order valence-electron chi connectivity index (χ0n) is 4.03. The van der Waals surface area contributed by atoms with E-state index in [1.54, 1.807) is 0 Å². The number of hydrazine groups is 1. The molecule has 0 aromatic carbocycles. The molecule has 0 aromatic rings. The van der Waals surface area contributed by atoms with E-state index in [4.69, 9.17) is 0 Å². The summed E-state index contributed by atoms with van der Waals surface area (Å²) in [5, 5.41) is 1.93. The van der Waals surface area contributed by atoms with Gasteiger partial charge in [-0.3, -0.25) is 0 Å². The molecule has 1 aliphatic heterocycles. The molecule has 1 aliphatic rings. The van der Waals surface area contributed by atoms with Gasteiger partial charge in [-0.05, 0) is 15.9 Å². The van der Waals surface area contributed by atoms with Gasteiger partial charge in [-0.1, -0.05) is 0 Å². The molecule has 0 amide bonds. The summed E-state index contributed by atoms with van der Waals surface area (Å²) in [6.45, 7) is 0.862. The van der Waals surface area contributed by atoms with Crippen LogP contribution in [0.1, 0.15) is 0 Å². The van der Waals surface area contributed by atoms with Gasteiger partial charge in [0, 0.05) is 19.7 Å². The van der Waals surface area contributed by atoms with Gasteiger partial charge in [0.1, 0.15) is 0 Å². The Morgan fingerprint density at radius 2 is 2.71 bits per heavy atom. The summed E-state index contributed by atoms with van der Waals surface area (Å²) in [4.78, 5) is 0. The van der Waals surface area contributed by atoms with Gasteiger partial charge >= 0.3 is 0 Å². The SMILES string of the molecule is CN1C[C]=C(Br)N1. The molecule has 0 spiro atoms. The molecule has 0 saturated heterocycles. The average molecular weight is 162 g/mol. The molecule has 1 radical (unpaired) electrons. The van der Waals surface area contributed by atoms with Crippen molar-refractivity contribution in [1.82, 2.24) is 10.4 Å². The van der Waals surface area contributed by atoms with Crippen molar-refractivity contribution in [2.75, 3.05) is 13.6 Å². The monoisotopic (exact) mass is 161 g/mol. The van der Waals surface area contributed by atoms with E-state index >= 15 is 0 Å². The Balaban J connectivity index is 2.42. The Morgan fingerprint density at radius 3 is 2.86 bits per heavy atom. The molecular formula is C4H6BrN2. The molecular weight excluding hydrogens is 156 g/mol.